The van der Waals surface area contributed by atoms with Crippen LogP contribution in [0.3, 0.4) is 0 Å². The maximum Gasteiger partial charge on any atom is 0.317 e. The van der Waals surface area contributed by atoms with Gasteiger partial charge >= 0.3 is 12.0 Å². The van der Waals surface area contributed by atoms with Crippen LogP contribution in [0.1, 0.15) is 45.4 Å². The molecule has 114 valence electrons. The third-order valence-corrected chi connectivity index (χ3v) is 4.31. The van der Waals surface area contributed by atoms with Gasteiger partial charge in [-0.25, -0.2) is 4.79 Å². The molecule has 3 unspecified atom stereocenters. The zero-order chi connectivity index (χ0) is 14.8. The molecule has 2 rings (SSSR count). The number of β-amino-alcohol motifs (C(OH)–C–C–N with tert-alkyl or cyclic N) is 1. The number of hydrogen-bond donors (Lipinski definition) is 3. The number of piperidine rings is 1. The van der Waals surface area contributed by atoms with Crippen molar-refractivity contribution in [2.24, 2.45) is 5.92 Å². The van der Waals surface area contributed by atoms with Gasteiger partial charge in [0.2, 0.25) is 0 Å². The van der Waals surface area contributed by atoms with Gasteiger partial charge in [0.1, 0.15) is 0 Å². The molecule has 0 aromatic rings. The van der Waals surface area contributed by atoms with Gasteiger partial charge in [-0.2, -0.15) is 0 Å². The number of likely N-dealkylation sites (tertiary alicyclic amines) is 1. The molecule has 1 aliphatic heterocycles. The van der Waals surface area contributed by atoms with Crippen molar-refractivity contribution in [3.05, 3.63) is 0 Å². The van der Waals surface area contributed by atoms with Crippen LogP contribution in [0.5, 0.6) is 0 Å². The first kappa shape index (κ1) is 15.1. The van der Waals surface area contributed by atoms with E-state index in [1.54, 1.807) is 11.8 Å². The second kappa shape index (κ2) is 5.99. The van der Waals surface area contributed by atoms with Gasteiger partial charge in [0.25, 0.3) is 0 Å². The smallest absolute Gasteiger partial charge is 0.317 e. The lowest BCUT2D eigenvalue weighted by Crippen LogP contribution is -2.54. The van der Waals surface area contributed by atoms with Gasteiger partial charge in [0, 0.05) is 12.6 Å². The van der Waals surface area contributed by atoms with Crippen LogP contribution in [-0.4, -0.2) is 51.8 Å². The highest BCUT2D eigenvalue weighted by atomic mass is 16.4. The molecule has 1 heterocycles. The van der Waals surface area contributed by atoms with Crippen molar-refractivity contribution < 1.29 is 19.8 Å². The summed E-state index contributed by atoms with van der Waals surface area (Å²) in [4.78, 5) is 24.8. The summed E-state index contributed by atoms with van der Waals surface area (Å²) in [5.74, 6) is -1.12. The number of hydrogen-bond acceptors (Lipinski definition) is 3. The molecule has 0 spiro atoms. The van der Waals surface area contributed by atoms with Gasteiger partial charge in [-0.3, -0.25) is 4.79 Å². The molecule has 20 heavy (non-hydrogen) atoms. The van der Waals surface area contributed by atoms with Crippen molar-refractivity contribution in [2.75, 3.05) is 13.1 Å². The Kier molecular flexibility index (Phi) is 4.52. The van der Waals surface area contributed by atoms with Gasteiger partial charge in [0.05, 0.1) is 18.1 Å². The van der Waals surface area contributed by atoms with Gasteiger partial charge in [0.15, 0.2) is 0 Å². The lowest BCUT2D eigenvalue weighted by atomic mass is 9.86. The highest BCUT2D eigenvalue weighted by Crippen LogP contribution is 2.25. The number of urea groups is 1. The van der Waals surface area contributed by atoms with E-state index in [1.807, 2.05) is 0 Å². The van der Waals surface area contributed by atoms with E-state index in [9.17, 15) is 14.7 Å². The summed E-state index contributed by atoms with van der Waals surface area (Å²) in [5.41, 5.74) is -0.814. The monoisotopic (exact) mass is 284 g/mol. The molecule has 6 heteroatoms. The number of rotatable bonds is 2. The molecule has 2 fully saturated rings. The number of carbonyl (C=O) groups excluding carboxylic acids is 1. The lowest BCUT2D eigenvalue weighted by molar-refractivity contribution is -0.143. The van der Waals surface area contributed by atoms with Gasteiger partial charge in [-0.15, -0.1) is 0 Å². The Morgan fingerprint density at radius 1 is 1.30 bits per heavy atom. The maximum atomic E-state index is 12.2. The van der Waals surface area contributed by atoms with Crippen LogP contribution >= 0.6 is 0 Å². The Balaban J connectivity index is 1.86. The van der Waals surface area contributed by atoms with Crippen LogP contribution in [0.2, 0.25) is 0 Å². The minimum Gasteiger partial charge on any atom is -0.481 e. The summed E-state index contributed by atoms with van der Waals surface area (Å²) < 4.78 is 0. The van der Waals surface area contributed by atoms with Crippen molar-refractivity contribution in [3.8, 4) is 0 Å². The molecular formula is C14H24N2O4. The minimum atomic E-state index is -0.814. The molecule has 0 aromatic carbocycles. The third-order valence-electron chi connectivity index (χ3n) is 4.31. The Bertz CT molecular complexity index is 383. The third kappa shape index (κ3) is 3.85. The zero-order valence-corrected chi connectivity index (χ0v) is 12.0. The van der Waals surface area contributed by atoms with Crippen molar-refractivity contribution in [3.63, 3.8) is 0 Å². The number of aliphatic carboxylic acids is 1. The molecule has 0 aromatic heterocycles. The maximum absolute atomic E-state index is 12.2. The molecule has 3 atom stereocenters. The van der Waals surface area contributed by atoms with Crippen molar-refractivity contribution >= 4 is 12.0 Å². The molecular weight excluding hydrogens is 260 g/mol. The summed E-state index contributed by atoms with van der Waals surface area (Å²) in [6.45, 7) is 2.73. The molecule has 1 aliphatic carbocycles. The van der Waals surface area contributed by atoms with Crippen LogP contribution in [0.15, 0.2) is 0 Å². The van der Waals surface area contributed by atoms with E-state index in [0.717, 1.165) is 19.3 Å². The summed E-state index contributed by atoms with van der Waals surface area (Å²) in [6.07, 6.45) is 4.37. The summed E-state index contributed by atoms with van der Waals surface area (Å²) in [5, 5.41) is 22.0. The van der Waals surface area contributed by atoms with Gasteiger partial charge in [-0.1, -0.05) is 6.42 Å². The van der Waals surface area contributed by atoms with Crippen LogP contribution in [-0.2, 0) is 4.79 Å². The molecule has 0 radical (unpaired) electrons. The molecule has 6 nitrogen and oxygen atoms in total. The number of aliphatic hydroxyl groups is 1. The normalized spacial score (nSPS) is 34.6. The SMILES string of the molecule is CC1(O)CCCN(C(=O)NC2CCCC(C(=O)O)C2)C1. The number of carbonyl (C=O) groups is 2. The Morgan fingerprint density at radius 3 is 2.70 bits per heavy atom. The van der Waals surface area contributed by atoms with E-state index >= 15 is 0 Å². The fourth-order valence-electron chi connectivity index (χ4n) is 3.20. The van der Waals surface area contributed by atoms with E-state index in [1.165, 1.54) is 0 Å². The van der Waals surface area contributed by atoms with Crippen LogP contribution in [0.4, 0.5) is 4.79 Å². The fourth-order valence-corrected chi connectivity index (χ4v) is 3.20. The number of amides is 2. The topological polar surface area (TPSA) is 89.9 Å². The molecule has 2 amide bonds. The van der Waals surface area contributed by atoms with E-state index in [2.05, 4.69) is 5.32 Å². The second-order valence-corrected chi connectivity index (χ2v) is 6.37. The molecule has 1 saturated heterocycles. The van der Waals surface area contributed by atoms with Crippen LogP contribution < -0.4 is 5.32 Å². The van der Waals surface area contributed by atoms with Crippen LogP contribution in [0, 0.1) is 5.92 Å². The Labute approximate surface area is 119 Å². The minimum absolute atomic E-state index is 0.0655. The van der Waals surface area contributed by atoms with E-state index < -0.39 is 11.6 Å². The number of nitrogens with zero attached hydrogens (tertiary/aromatic N) is 1. The fraction of sp³-hybridized carbons (Fsp3) is 0.857. The van der Waals surface area contributed by atoms with Gasteiger partial charge in [-0.05, 0) is 39.0 Å². The first-order chi connectivity index (χ1) is 9.37. The zero-order valence-electron chi connectivity index (χ0n) is 12.0. The Morgan fingerprint density at radius 2 is 2.05 bits per heavy atom. The quantitative estimate of drug-likeness (QED) is 0.710. The van der Waals surface area contributed by atoms with E-state index in [-0.39, 0.29) is 18.0 Å². The van der Waals surface area contributed by atoms with Crippen molar-refractivity contribution in [1.82, 2.24) is 10.2 Å². The predicted molar refractivity (Wildman–Crippen MR) is 73.3 cm³/mol. The predicted octanol–water partition coefficient (Wildman–Crippen LogP) is 1.19. The van der Waals surface area contributed by atoms with Crippen LogP contribution in [0.25, 0.3) is 0 Å². The number of carboxylic acid groups (broad SMARTS) is 1. The van der Waals surface area contributed by atoms with E-state index in [4.69, 9.17) is 5.11 Å². The number of nitrogens with one attached hydrogen (secondary N) is 1. The summed E-state index contributed by atoms with van der Waals surface area (Å²) in [7, 11) is 0. The average Bonchev–Trinajstić information content (AvgIpc) is 2.37. The average molecular weight is 284 g/mol. The molecule has 0 bridgehead atoms. The largest absolute Gasteiger partial charge is 0.481 e. The molecule has 3 N–H and O–H groups in total. The lowest BCUT2D eigenvalue weighted by Gasteiger charge is -2.38. The first-order valence-corrected chi connectivity index (χ1v) is 7.38. The van der Waals surface area contributed by atoms with E-state index in [0.29, 0.717) is 32.4 Å². The van der Waals surface area contributed by atoms with Crippen molar-refractivity contribution in [1.29, 1.82) is 0 Å². The van der Waals surface area contributed by atoms with Gasteiger partial charge < -0.3 is 20.4 Å². The standard InChI is InChI=1S/C14H24N2O4/c1-14(20)6-3-7-16(9-14)13(19)15-11-5-2-4-10(8-11)12(17)18/h10-11,20H,2-9H2,1H3,(H,15,19)(H,17,18). The highest BCUT2D eigenvalue weighted by molar-refractivity contribution is 5.75. The molecule has 2 aliphatic rings. The molecule has 1 saturated carbocycles. The van der Waals surface area contributed by atoms with Crippen molar-refractivity contribution in [2.45, 2.75) is 57.1 Å². The first-order valence-electron chi connectivity index (χ1n) is 7.38. The highest BCUT2D eigenvalue weighted by Gasteiger charge is 2.33. The number of carboxylic acids is 1. The second-order valence-electron chi connectivity index (χ2n) is 6.37. The summed E-state index contributed by atoms with van der Waals surface area (Å²) in [6, 6.07) is -0.245. The Hall–Kier alpha value is -1.30. The summed E-state index contributed by atoms with van der Waals surface area (Å²) >= 11 is 0.